The Balaban J connectivity index is 1.67. The lowest BCUT2D eigenvalue weighted by molar-refractivity contribution is 0.0953. The molecule has 0 atom stereocenters. The molecule has 2 amide bonds. The van der Waals surface area contributed by atoms with Crippen LogP contribution in [0.3, 0.4) is 0 Å². The first-order valence-corrected chi connectivity index (χ1v) is 9.52. The molecule has 0 aliphatic rings. The second-order valence-corrected chi connectivity index (χ2v) is 7.13. The normalized spacial score (nSPS) is 10.7. The van der Waals surface area contributed by atoms with E-state index in [4.69, 9.17) is 34.8 Å². The zero-order valence-corrected chi connectivity index (χ0v) is 17.1. The fourth-order valence-corrected chi connectivity index (χ4v) is 3.02. The van der Waals surface area contributed by atoms with Gasteiger partial charge < -0.3 is 5.32 Å². The number of carbonyl (C=O) groups is 2. The fraction of sp³-hybridized carbons (Fsp3) is 0. The molecule has 0 aromatic heterocycles. The first-order valence-electron chi connectivity index (χ1n) is 8.38. The summed E-state index contributed by atoms with van der Waals surface area (Å²) in [6.07, 6.45) is 1.37. The maximum Gasteiger partial charge on any atom is 0.271 e. The van der Waals surface area contributed by atoms with Gasteiger partial charge in [0, 0.05) is 27.4 Å². The number of hydrogen-bond acceptors (Lipinski definition) is 3. The van der Waals surface area contributed by atoms with Crippen molar-refractivity contribution in [1.82, 2.24) is 5.43 Å². The smallest absolute Gasteiger partial charge is 0.271 e. The Morgan fingerprint density at radius 3 is 2.14 bits per heavy atom. The molecule has 0 bridgehead atoms. The van der Waals surface area contributed by atoms with E-state index in [1.54, 1.807) is 66.7 Å². The number of carbonyl (C=O) groups excluding carboxylic acids is 2. The number of nitrogens with one attached hydrogen (secondary N) is 2. The average Bonchev–Trinajstić information content (AvgIpc) is 2.70. The molecule has 29 heavy (non-hydrogen) atoms. The number of nitrogens with zero attached hydrogens (tertiary/aromatic N) is 1. The highest BCUT2D eigenvalue weighted by Gasteiger charge is 2.09. The molecular formula is C21H14Cl3N3O2. The van der Waals surface area contributed by atoms with Crippen LogP contribution in [0, 0.1) is 0 Å². The summed E-state index contributed by atoms with van der Waals surface area (Å²) in [5, 5.41) is 8.01. The van der Waals surface area contributed by atoms with E-state index in [0.29, 0.717) is 37.4 Å². The SMILES string of the molecule is O=C(NN=Cc1c(Cl)cccc1Cl)c1cccc(NC(=O)c2ccc(Cl)cc2)c1. The van der Waals surface area contributed by atoms with E-state index in [2.05, 4.69) is 15.8 Å². The van der Waals surface area contributed by atoms with Gasteiger partial charge in [0.15, 0.2) is 0 Å². The van der Waals surface area contributed by atoms with Crippen LogP contribution in [-0.4, -0.2) is 18.0 Å². The Labute approximate surface area is 182 Å². The number of rotatable bonds is 5. The molecule has 0 heterocycles. The van der Waals surface area contributed by atoms with Crippen LogP contribution in [0.25, 0.3) is 0 Å². The van der Waals surface area contributed by atoms with E-state index in [1.807, 2.05) is 0 Å². The highest BCUT2D eigenvalue weighted by atomic mass is 35.5. The van der Waals surface area contributed by atoms with Crippen molar-refractivity contribution in [3.63, 3.8) is 0 Å². The molecule has 3 rings (SSSR count). The van der Waals surface area contributed by atoms with Crippen LogP contribution in [0.5, 0.6) is 0 Å². The zero-order valence-electron chi connectivity index (χ0n) is 14.8. The van der Waals surface area contributed by atoms with Crippen molar-refractivity contribution in [2.45, 2.75) is 0 Å². The lowest BCUT2D eigenvalue weighted by atomic mass is 10.1. The largest absolute Gasteiger partial charge is 0.322 e. The minimum Gasteiger partial charge on any atom is -0.322 e. The summed E-state index contributed by atoms with van der Waals surface area (Å²) in [5.41, 5.74) is 4.14. The Morgan fingerprint density at radius 2 is 1.45 bits per heavy atom. The van der Waals surface area contributed by atoms with Crippen molar-refractivity contribution in [2.24, 2.45) is 5.10 Å². The van der Waals surface area contributed by atoms with E-state index >= 15 is 0 Å². The molecule has 146 valence electrons. The molecule has 0 aliphatic heterocycles. The quantitative estimate of drug-likeness (QED) is 0.392. The van der Waals surface area contributed by atoms with Crippen molar-refractivity contribution in [3.05, 3.63) is 98.5 Å². The first-order chi connectivity index (χ1) is 13.9. The van der Waals surface area contributed by atoms with E-state index in [9.17, 15) is 9.59 Å². The summed E-state index contributed by atoms with van der Waals surface area (Å²) in [4.78, 5) is 24.6. The van der Waals surface area contributed by atoms with Gasteiger partial charge in [0.05, 0.1) is 16.3 Å². The van der Waals surface area contributed by atoms with Crippen LogP contribution >= 0.6 is 34.8 Å². The van der Waals surface area contributed by atoms with Gasteiger partial charge in [0.1, 0.15) is 0 Å². The summed E-state index contributed by atoms with van der Waals surface area (Å²) >= 11 is 17.9. The van der Waals surface area contributed by atoms with Gasteiger partial charge in [-0.25, -0.2) is 5.43 Å². The van der Waals surface area contributed by atoms with Crippen LogP contribution in [0.1, 0.15) is 26.3 Å². The Morgan fingerprint density at radius 1 is 0.793 bits per heavy atom. The van der Waals surface area contributed by atoms with Gasteiger partial charge >= 0.3 is 0 Å². The van der Waals surface area contributed by atoms with E-state index in [1.165, 1.54) is 6.21 Å². The molecule has 0 aliphatic carbocycles. The predicted octanol–water partition coefficient (Wildman–Crippen LogP) is 5.66. The minimum absolute atomic E-state index is 0.314. The summed E-state index contributed by atoms with van der Waals surface area (Å²) in [6.45, 7) is 0. The second kappa shape index (κ2) is 9.56. The first kappa shape index (κ1) is 20.9. The second-order valence-electron chi connectivity index (χ2n) is 5.88. The van der Waals surface area contributed by atoms with Crippen LogP contribution < -0.4 is 10.7 Å². The number of amides is 2. The molecule has 0 spiro atoms. The van der Waals surface area contributed by atoms with E-state index in [0.717, 1.165) is 0 Å². The highest BCUT2D eigenvalue weighted by molar-refractivity contribution is 6.38. The zero-order chi connectivity index (χ0) is 20.8. The van der Waals surface area contributed by atoms with Crippen molar-refractivity contribution in [2.75, 3.05) is 5.32 Å². The standard InChI is InChI=1S/C21H14Cl3N3O2/c22-15-9-7-13(8-10-15)20(28)26-16-4-1-3-14(11-16)21(29)27-25-12-17-18(23)5-2-6-19(17)24/h1-12H,(H,26,28)(H,27,29). The molecule has 0 saturated heterocycles. The Hall–Kier alpha value is -2.86. The van der Waals surface area contributed by atoms with Crippen LogP contribution in [0.15, 0.2) is 71.8 Å². The number of benzene rings is 3. The molecule has 0 saturated carbocycles. The number of halogens is 3. The van der Waals surface area contributed by atoms with Crippen molar-refractivity contribution >= 4 is 58.5 Å². The maximum atomic E-state index is 12.3. The molecule has 0 fully saturated rings. The average molecular weight is 447 g/mol. The van der Waals surface area contributed by atoms with E-state index < -0.39 is 5.91 Å². The molecule has 0 radical (unpaired) electrons. The molecular weight excluding hydrogens is 433 g/mol. The van der Waals surface area contributed by atoms with Crippen molar-refractivity contribution < 1.29 is 9.59 Å². The number of hydrazone groups is 1. The third kappa shape index (κ3) is 5.57. The lowest BCUT2D eigenvalue weighted by Crippen LogP contribution is -2.18. The maximum absolute atomic E-state index is 12.3. The lowest BCUT2D eigenvalue weighted by Gasteiger charge is -2.07. The molecule has 2 N–H and O–H groups in total. The van der Waals surface area contributed by atoms with Crippen molar-refractivity contribution in [1.29, 1.82) is 0 Å². The third-order valence-corrected chi connectivity index (χ3v) is 4.76. The van der Waals surface area contributed by atoms with Gasteiger partial charge in [0.25, 0.3) is 11.8 Å². The summed E-state index contributed by atoms with van der Waals surface area (Å²) < 4.78 is 0. The van der Waals surface area contributed by atoms with Gasteiger partial charge in [-0.1, -0.05) is 46.9 Å². The monoisotopic (exact) mass is 445 g/mol. The van der Waals surface area contributed by atoms with Crippen molar-refractivity contribution in [3.8, 4) is 0 Å². The molecule has 3 aromatic carbocycles. The number of hydrogen-bond donors (Lipinski definition) is 2. The third-order valence-electron chi connectivity index (χ3n) is 3.85. The molecule has 0 unspecified atom stereocenters. The molecule has 3 aromatic rings. The Kier molecular flexibility index (Phi) is 6.88. The summed E-state index contributed by atoms with van der Waals surface area (Å²) in [6, 6.07) is 18.0. The van der Waals surface area contributed by atoms with Gasteiger partial charge in [-0.2, -0.15) is 5.10 Å². The molecule has 8 heteroatoms. The van der Waals surface area contributed by atoms with Crippen LogP contribution in [-0.2, 0) is 0 Å². The van der Waals surface area contributed by atoms with Crippen LogP contribution in [0.4, 0.5) is 5.69 Å². The van der Waals surface area contributed by atoms with Gasteiger partial charge in [0.2, 0.25) is 0 Å². The highest BCUT2D eigenvalue weighted by Crippen LogP contribution is 2.22. The van der Waals surface area contributed by atoms with E-state index in [-0.39, 0.29) is 5.91 Å². The van der Waals surface area contributed by atoms with Gasteiger partial charge in [-0.3, -0.25) is 9.59 Å². The fourth-order valence-electron chi connectivity index (χ4n) is 2.40. The predicted molar refractivity (Wildman–Crippen MR) is 117 cm³/mol. The molecule has 5 nitrogen and oxygen atoms in total. The number of anilines is 1. The minimum atomic E-state index is -0.452. The Bertz CT molecular complexity index is 1060. The summed E-state index contributed by atoms with van der Waals surface area (Å²) in [5.74, 6) is -0.766. The van der Waals surface area contributed by atoms with Gasteiger partial charge in [-0.05, 0) is 54.6 Å². The summed E-state index contributed by atoms with van der Waals surface area (Å²) in [7, 11) is 0. The van der Waals surface area contributed by atoms with Crippen LogP contribution in [0.2, 0.25) is 15.1 Å². The topological polar surface area (TPSA) is 70.6 Å². The van der Waals surface area contributed by atoms with Gasteiger partial charge in [-0.15, -0.1) is 0 Å².